The average Bonchev–Trinajstić information content (AvgIpc) is 4.23. The molecule has 1 saturated heterocycles. The second-order valence-corrected chi connectivity index (χ2v) is 29.8. The molecule has 0 radical (unpaired) electrons. The van der Waals surface area contributed by atoms with Gasteiger partial charge in [0.2, 0.25) is 0 Å². The number of aryl methyl sites for hydroxylation is 1. The van der Waals surface area contributed by atoms with Crippen LogP contribution in [0.1, 0.15) is 155 Å². The summed E-state index contributed by atoms with van der Waals surface area (Å²) in [6.07, 6.45) is 21.9. The highest BCUT2D eigenvalue weighted by atomic mass is 33.1. The van der Waals surface area contributed by atoms with Crippen LogP contribution in [0.25, 0.3) is 0 Å². The van der Waals surface area contributed by atoms with E-state index in [0.29, 0.717) is 30.2 Å². The number of carbonyl (C=O) groups is 1. The van der Waals surface area contributed by atoms with Crippen molar-refractivity contribution in [1.29, 1.82) is 0 Å². The Morgan fingerprint density at radius 1 is 0.947 bits per heavy atom. The van der Waals surface area contributed by atoms with Crippen molar-refractivity contribution in [3.8, 4) is 0 Å². The standard InChI is InChI=1S/C62H87N5O6S2/c1-35(68)66-57(63)65-32-38-29-60(5)43-26-45(62(60,73)46-28-47(69)44-27-48(70)49(71)31-59(44,4)53(38)46)50(19-18-36-13-7-6-8-14-36)75-74-33-39(67-24-23-64-34-67)30-58(2,3)55-41-17-12-22-61(20-9-10-21-61)54(41)40-16-11-15-37-25-42(43)56(72)52(55)51(37)40/h6-8,13-14,23-24,28,34-35,37-39,42-45,48-50,52-54,56,68,70-73H,9-12,15-22,25-27,29-33H2,1-5H3,(H3,63,65,66)/t35-,37-,38-,39+,42-,43+,44-,45+,48+,49-,50+,52+,53-,54+,56-,59-,60+,62+/m0/s1. The quantitative estimate of drug-likeness (QED) is 0.0460. The number of nitrogens with one attached hydrogen (secondary N) is 1. The van der Waals surface area contributed by atoms with E-state index in [1.54, 1.807) is 29.2 Å². The number of aliphatic hydroxyl groups excluding tert-OH is 4. The SMILES string of the molecule is C[C@H](O)NC(N)=NC[C@@H]1C[C@]2(C)[C@@H]3C[C@H]([C@@H](CCc4ccccc4)SSC[C@H](n4ccnc4)CC(C)(C)C4=C5CCCC6(CCCC6)[C@@H]5C5=C6[C@@H](CCC5)C[C@@H]3[C@H](O)[C@H]64)[C@@]2(O)C2=CC(=O)[C@@H]3C[C@@H](O)[C@@H](O)C[C@]3(C)[C@H]21. The fourth-order valence-electron chi connectivity index (χ4n) is 20.1. The number of nitrogens with two attached hydrogens (primary N) is 1. The molecule has 6 saturated carbocycles. The zero-order valence-corrected chi connectivity index (χ0v) is 47.0. The molecule has 1 aliphatic heterocycles. The Kier molecular flexibility index (Phi) is 13.9. The number of benzene rings is 1. The molecular formula is C62H87N5O6S2. The third kappa shape index (κ3) is 8.48. The van der Waals surface area contributed by atoms with Crippen LogP contribution in [0.5, 0.6) is 0 Å². The zero-order chi connectivity index (χ0) is 52.4. The molecule has 1 spiro atoms. The lowest BCUT2D eigenvalue weighted by Crippen LogP contribution is -2.66. The van der Waals surface area contributed by atoms with E-state index in [9.17, 15) is 20.4 Å². The molecule has 0 amide bonds. The molecule has 13 heteroatoms. The Bertz CT molecular complexity index is 2610. The van der Waals surface area contributed by atoms with Crippen molar-refractivity contribution in [2.45, 2.75) is 192 Å². The minimum absolute atomic E-state index is 0.0132. The van der Waals surface area contributed by atoms with Crippen molar-refractivity contribution in [2.75, 3.05) is 12.3 Å². The number of hydrogen-bond donors (Lipinski definition) is 7. The second-order valence-electron chi connectivity index (χ2n) is 27.2. The van der Waals surface area contributed by atoms with Gasteiger partial charge in [0, 0.05) is 65.1 Å². The second kappa shape index (κ2) is 19.7. The summed E-state index contributed by atoms with van der Waals surface area (Å²) in [5, 5.41) is 65.3. The van der Waals surface area contributed by atoms with Gasteiger partial charge in [-0.05, 0) is 173 Å². The van der Waals surface area contributed by atoms with Crippen molar-refractivity contribution in [1.82, 2.24) is 14.9 Å². The molecule has 75 heavy (non-hydrogen) atoms. The molecular weight excluding hydrogens is 975 g/mol. The van der Waals surface area contributed by atoms with Gasteiger partial charge in [-0.3, -0.25) is 9.79 Å². The summed E-state index contributed by atoms with van der Waals surface area (Å²) in [6, 6.07) is 10.9. The number of rotatable bonds is 7. The highest BCUT2D eigenvalue weighted by Crippen LogP contribution is 2.75. The van der Waals surface area contributed by atoms with Crippen molar-refractivity contribution < 1.29 is 30.3 Å². The van der Waals surface area contributed by atoms with Crippen LogP contribution >= 0.6 is 21.6 Å². The number of imidazole rings is 1. The van der Waals surface area contributed by atoms with Gasteiger partial charge in [0.1, 0.15) is 6.23 Å². The number of guanidine groups is 1. The fourth-order valence-corrected chi connectivity index (χ4v) is 23.4. The predicted octanol–water partition coefficient (Wildman–Crippen LogP) is 9.90. The van der Waals surface area contributed by atoms with E-state index in [0.717, 1.165) is 62.7 Å². The van der Waals surface area contributed by atoms with Crippen molar-refractivity contribution >= 4 is 33.3 Å². The minimum atomic E-state index is -1.44. The first-order valence-electron chi connectivity index (χ1n) is 29.4. The van der Waals surface area contributed by atoms with Gasteiger partial charge in [0.15, 0.2) is 11.7 Å². The maximum absolute atomic E-state index is 15.1. The molecule has 8 N–H and O–H groups in total. The van der Waals surface area contributed by atoms with Crippen LogP contribution in [0.2, 0.25) is 0 Å². The summed E-state index contributed by atoms with van der Waals surface area (Å²) in [5.74, 6) is 0.159. The highest BCUT2D eigenvalue weighted by molar-refractivity contribution is 8.76. The smallest absolute Gasteiger partial charge is 0.190 e. The molecule has 1 aromatic heterocycles. The Morgan fingerprint density at radius 2 is 1.71 bits per heavy atom. The van der Waals surface area contributed by atoms with Gasteiger partial charge in [-0.1, -0.05) is 115 Å². The number of aromatic nitrogens is 2. The van der Waals surface area contributed by atoms with Crippen molar-refractivity contribution in [2.24, 2.45) is 85.6 Å². The van der Waals surface area contributed by atoms with E-state index >= 15 is 9.90 Å². The largest absolute Gasteiger partial charge is 0.392 e. The first-order valence-corrected chi connectivity index (χ1v) is 31.8. The monoisotopic (exact) mass is 1060 g/mol. The lowest BCUT2D eigenvalue weighted by atomic mass is 9.41. The molecule has 0 unspecified atom stereocenters. The van der Waals surface area contributed by atoms with Gasteiger partial charge in [0.25, 0.3) is 0 Å². The zero-order valence-electron chi connectivity index (χ0n) is 45.4. The van der Waals surface area contributed by atoms with E-state index in [1.165, 1.54) is 50.5 Å². The minimum Gasteiger partial charge on any atom is -0.392 e. The fraction of sp³-hybridized carbons (Fsp3) is 0.726. The molecule has 7 fully saturated rings. The van der Waals surface area contributed by atoms with Crippen LogP contribution in [-0.4, -0.2) is 94.5 Å². The molecule has 18 atom stereocenters. The molecule has 408 valence electrons. The third-order valence-electron chi connectivity index (χ3n) is 22.8. The maximum Gasteiger partial charge on any atom is 0.190 e. The molecule has 11 nitrogen and oxygen atoms in total. The van der Waals surface area contributed by atoms with Crippen LogP contribution in [0.15, 0.2) is 88.0 Å². The van der Waals surface area contributed by atoms with Crippen LogP contribution < -0.4 is 11.1 Å². The summed E-state index contributed by atoms with van der Waals surface area (Å²) in [4.78, 5) is 24.7. The number of allylic oxidation sites excluding steroid dienone is 3. The van der Waals surface area contributed by atoms with Gasteiger partial charge < -0.3 is 41.2 Å². The number of carbonyl (C=O) groups excluding carboxylic acids is 1. The Morgan fingerprint density at radius 3 is 2.45 bits per heavy atom. The number of nitrogens with zero attached hydrogens (tertiary/aromatic N) is 3. The highest BCUT2D eigenvalue weighted by Gasteiger charge is 2.74. The summed E-state index contributed by atoms with van der Waals surface area (Å²) in [7, 11) is 3.88. The molecule has 12 rings (SSSR count). The third-order valence-corrected chi connectivity index (χ3v) is 25.8. The lowest BCUT2D eigenvalue weighted by Gasteiger charge is -2.64. The predicted molar refractivity (Wildman–Crippen MR) is 299 cm³/mol. The van der Waals surface area contributed by atoms with Gasteiger partial charge in [-0.25, -0.2) is 4.98 Å². The number of ketones is 1. The average molecular weight is 1060 g/mol. The first-order chi connectivity index (χ1) is 35.9. The normalized spacial score (nSPS) is 43.5. The number of fused-ring (bicyclic) bond motifs is 14. The summed E-state index contributed by atoms with van der Waals surface area (Å²) < 4.78 is 2.35. The van der Waals surface area contributed by atoms with Crippen molar-refractivity contribution in [3.63, 3.8) is 0 Å². The maximum atomic E-state index is 15.1. The Balaban J connectivity index is 1.06. The first kappa shape index (κ1) is 52.8. The van der Waals surface area contributed by atoms with E-state index in [4.69, 9.17) is 10.7 Å². The lowest BCUT2D eigenvalue weighted by molar-refractivity contribution is -0.172. The summed E-state index contributed by atoms with van der Waals surface area (Å²) in [5.41, 5.74) is 12.2. The van der Waals surface area contributed by atoms with E-state index in [2.05, 4.69) is 79.1 Å². The molecule has 2 aromatic rings. The van der Waals surface area contributed by atoms with Crippen LogP contribution in [0.4, 0.5) is 0 Å². The Labute approximate surface area is 454 Å². The van der Waals surface area contributed by atoms with Gasteiger partial charge >= 0.3 is 0 Å². The number of aliphatic hydroxyl groups is 5. The topological polar surface area (TPSA) is 186 Å². The van der Waals surface area contributed by atoms with E-state index in [1.807, 2.05) is 40.2 Å². The van der Waals surface area contributed by atoms with Gasteiger partial charge in [-0.15, -0.1) is 0 Å². The number of aliphatic imine (C=N–C) groups is 1. The summed E-state index contributed by atoms with van der Waals surface area (Å²) in [6.45, 7) is 11.4. The van der Waals surface area contributed by atoms with E-state index < -0.39 is 46.9 Å². The molecule has 1 aromatic carbocycles. The molecule has 9 aliphatic carbocycles. The van der Waals surface area contributed by atoms with Crippen molar-refractivity contribution in [3.05, 3.63) is 88.6 Å². The Hall–Kier alpha value is -2.91. The number of hydrogen-bond acceptors (Lipinski definition) is 10. The van der Waals surface area contributed by atoms with E-state index in [-0.39, 0.29) is 76.8 Å². The van der Waals surface area contributed by atoms with Crippen LogP contribution in [0, 0.1) is 74.9 Å². The van der Waals surface area contributed by atoms with Crippen LogP contribution in [-0.2, 0) is 11.2 Å². The molecule has 2 heterocycles. The van der Waals surface area contributed by atoms with Gasteiger partial charge in [0.05, 0.1) is 30.2 Å². The van der Waals surface area contributed by atoms with Crippen LogP contribution in [0.3, 0.4) is 0 Å². The molecule has 4 bridgehead atoms. The van der Waals surface area contributed by atoms with Gasteiger partial charge in [-0.2, -0.15) is 0 Å². The summed E-state index contributed by atoms with van der Waals surface area (Å²) >= 11 is 0. The molecule has 10 aliphatic rings.